The molecule has 0 atom stereocenters. The zero-order valence-electron chi connectivity index (χ0n) is 34.9. The van der Waals surface area contributed by atoms with Gasteiger partial charge in [0, 0.05) is 79.7 Å². The highest BCUT2D eigenvalue weighted by atomic mass is 32.2. The monoisotopic (exact) mass is 846 g/mol. The van der Waals surface area contributed by atoms with E-state index in [4.69, 9.17) is 0 Å². The van der Waals surface area contributed by atoms with Gasteiger partial charge in [0.15, 0.2) is 17.3 Å². The van der Waals surface area contributed by atoms with Crippen molar-refractivity contribution < 1.29 is 19.2 Å². The molecule has 1 saturated carbocycles. The molecule has 10 rings (SSSR count). The number of amides is 1. The van der Waals surface area contributed by atoms with Crippen LogP contribution >= 0.6 is 23.5 Å². The number of benzene rings is 5. The molecule has 6 nitrogen and oxygen atoms in total. The maximum atomic E-state index is 13.2. The van der Waals surface area contributed by atoms with Crippen molar-refractivity contribution in [1.82, 2.24) is 9.80 Å². The largest absolute Gasteiger partial charge is 0.339 e. The van der Waals surface area contributed by atoms with E-state index in [0.29, 0.717) is 30.4 Å². The highest BCUT2D eigenvalue weighted by molar-refractivity contribution is 7.99. The van der Waals surface area contributed by atoms with Gasteiger partial charge in [-0.2, -0.15) is 0 Å². The Morgan fingerprint density at radius 3 is 1.69 bits per heavy atom. The number of Topliss-reactive ketones (excluding diaryl/α,β-unsaturated/α-hetero) is 3. The Morgan fingerprint density at radius 1 is 0.541 bits per heavy atom. The Morgan fingerprint density at radius 2 is 1.08 bits per heavy atom. The molecular weight excluding hydrogens is 793 g/mol. The van der Waals surface area contributed by atoms with Crippen LogP contribution in [0.3, 0.4) is 0 Å². The lowest BCUT2D eigenvalue weighted by atomic mass is 9.76. The van der Waals surface area contributed by atoms with E-state index < -0.39 is 0 Å². The van der Waals surface area contributed by atoms with Gasteiger partial charge < -0.3 is 9.80 Å². The van der Waals surface area contributed by atoms with Crippen LogP contribution in [0.1, 0.15) is 116 Å². The van der Waals surface area contributed by atoms with Gasteiger partial charge >= 0.3 is 0 Å². The minimum atomic E-state index is 0.106. The maximum Gasteiger partial charge on any atom is 0.253 e. The molecule has 0 aromatic heterocycles. The molecule has 61 heavy (non-hydrogen) atoms. The Balaban J connectivity index is 0.000000156. The molecule has 312 valence electrons. The standard InChI is InChI=1S/C28H26O2S.C25H28N2O2S/c29-25-18-23-17-22(14-15-26(23)31-27-9-5-4-8-24(25)27)28(30)21-12-10-20(11-13-21)16-19-6-2-1-3-7-19;28-22-17-19-16-18(8-9-23(19)30-24-7-3-2-6-21(22)24)25(29)27-14-10-20(11-15-27)26-12-4-1-5-13-26/h1-9,14-15,17,20-21H,10-13,16,18H2;2-3,6-9,16,20H,1,4-5,10-15,17H2. The first-order valence-electron chi connectivity index (χ1n) is 22.3. The first-order chi connectivity index (χ1) is 29.9. The summed E-state index contributed by atoms with van der Waals surface area (Å²) in [5.41, 5.74) is 6.39. The Kier molecular flexibility index (Phi) is 13.0. The summed E-state index contributed by atoms with van der Waals surface area (Å²) in [6, 6.07) is 38.7. The average Bonchev–Trinajstić information content (AvgIpc) is 3.55. The maximum absolute atomic E-state index is 13.2. The van der Waals surface area contributed by atoms with Gasteiger partial charge in [0.25, 0.3) is 5.91 Å². The van der Waals surface area contributed by atoms with Crippen LogP contribution in [0.25, 0.3) is 0 Å². The predicted molar refractivity (Wildman–Crippen MR) is 244 cm³/mol. The van der Waals surface area contributed by atoms with Crippen molar-refractivity contribution in [2.45, 2.75) is 103 Å². The second kappa shape index (κ2) is 19.1. The molecule has 5 aromatic carbocycles. The molecule has 8 heteroatoms. The van der Waals surface area contributed by atoms with E-state index in [1.54, 1.807) is 23.5 Å². The van der Waals surface area contributed by atoms with Crippen LogP contribution in [-0.2, 0) is 19.3 Å². The first kappa shape index (κ1) is 41.6. The number of ketones is 3. The fraction of sp³-hybridized carbons (Fsp3) is 0.358. The summed E-state index contributed by atoms with van der Waals surface area (Å²) in [4.78, 5) is 60.7. The molecule has 2 saturated heterocycles. The van der Waals surface area contributed by atoms with Gasteiger partial charge in [-0.1, -0.05) is 103 Å². The fourth-order valence-electron chi connectivity index (χ4n) is 9.98. The predicted octanol–water partition coefficient (Wildman–Crippen LogP) is 11.5. The zero-order valence-corrected chi connectivity index (χ0v) is 36.5. The van der Waals surface area contributed by atoms with Crippen LogP contribution in [-0.4, -0.2) is 65.3 Å². The number of fused-ring (bicyclic) bond motifs is 4. The quantitative estimate of drug-likeness (QED) is 0.158. The van der Waals surface area contributed by atoms with Crippen molar-refractivity contribution in [2.24, 2.45) is 11.8 Å². The lowest BCUT2D eigenvalue weighted by Crippen LogP contribution is -2.48. The van der Waals surface area contributed by atoms with Crippen molar-refractivity contribution in [3.63, 3.8) is 0 Å². The summed E-state index contributed by atoms with van der Waals surface area (Å²) in [7, 11) is 0. The molecule has 0 bridgehead atoms. The van der Waals surface area contributed by atoms with Crippen LogP contribution in [0.5, 0.6) is 0 Å². The van der Waals surface area contributed by atoms with Crippen molar-refractivity contribution in [3.05, 3.63) is 154 Å². The van der Waals surface area contributed by atoms with Crippen LogP contribution in [0.2, 0.25) is 0 Å². The number of hydrogen-bond acceptors (Lipinski definition) is 7. The molecule has 3 fully saturated rings. The van der Waals surface area contributed by atoms with E-state index in [2.05, 4.69) is 35.2 Å². The third kappa shape index (κ3) is 9.67. The second-order valence-electron chi connectivity index (χ2n) is 17.4. The summed E-state index contributed by atoms with van der Waals surface area (Å²) in [6.07, 6.45) is 12.1. The van der Waals surface area contributed by atoms with Gasteiger partial charge in [-0.15, -0.1) is 0 Å². The fourth-order valence-corrected chi connectivity index (χ4v) is 12.1. The number of hydrogen-bond donors (Lipinski definition) is 0. The number of likely N-dealkylation sites (tertiary alicyclic amines) is 2. The minimum Gasteiger partial charge on any atom is -0.339 e. The third-order valence-electron chi connectivity index (χ3n) is 13.4. The smallest absolute Gasteiger partial charge is 0.253 e. The molecule has 1 aliphatic carbocycles. The van der Waals surface area contributed by atoms with Gasteiger partial charge in [0.2, 0.25) is 0 Å². The molecule has 0 radical (unpaired) electrons. The number of nitrogens with zero attached hydrogens (tertiary/aromatic N) is 2. The number of rotatable bonds is 6. The molecule has 0 unspecified atom stereocenters. The SMILES string of the molecule is O=C1Cc2cc(C(=O)C3CCC(Cc4ccccc4)CC3)ccc2Sc2ccccc21.O=C1Cc2cc(C(=O)N3CCC(N4CCCCC4)CC3)ccc2Sc2ccccc21. The number of piperidine rings is 2. The lowest BCUT2D eigenvalue weighted by molar-refractivity contribution is 0.0589. The molecule has 5 aliphatic rings. The minimum absolute atomic E-state index is 0.106. The van der Waals surface area contributed by atoms with Gasteiger partial charge in [-0.05, 0) is 136 Å². The summed E-state index contributed by atoms with van der Waals surface area (Å²) in [5.74, 6) is 1.40. The molecule has 0 spiro atoms. The van der Waals surface area contributed by atoms with Crippen molar-refractivity contribution >= 4 is 46.8 Å². The van der Waals surface area contributed by atoms with E-state index in [-0.39, 0.29) is 29.2 Å². The van der Waals surface area contributed by atoms with Crippen LogP contribution in [0.15, 0.2) is 135 Å². The van der Waals surface area contributed by atoms with Crippen LogP contribution in [0.4, 0.5) is 0 Å². The molecule has 0 N–H and O–H groups in total. The zero-order chi connectivity index (χ0) is 41.7. The van der Waals surface area contributed by atoms with E-state index in [0.717, 1.165) is 105 Å². The van der Waals surface area contributed by atoms with Crippen molar-refractivity contribution in [3.8, 4) is 0 Å². The molecule has 5 aromatic rings. The normalized spacial score (nSPS) is 20.4. The molecule has 1 amide bonds. The van der Waals surface area contributed by atoms with Gasteiger partial charge in [0.05, 0.1) is 0 Å². The number of carbonyl (C=O) groups is 4. The summed E-state index contributed by atoms with van der Waals surface area (Å²) >= 11 is 3.26. The van der Waals surface area contributed by atoms with Gasteiger partial charge in [-0.25, -0.2) is 0 Å². The highest BCUT2D eigenvalue weighted by Crippen LogP contribution is 2.40. The van der Waals surface area contributed by atoms with Crippen molar-refractivity contribution in [1.29, 1.82) is 0 Å². The third-order valence-corrected chi connectivity index (χ3v) is 15.8. The lowest BCUT2D eigenvalue weighted by Gasteiger charge is -2.40. The Labute approximate surface area is 368 Å². The van der Waals surface area contributed by atoms with Crippen LogP contribution < -0.4 is 0 Å². The summed E-state index contributed by atoms with van der Waals surface area (Å²) < 4.78 is 0. The first-order valence-corrected chi connectivity index (χ1v) is 24.0. The second-order valence-corrected chi connectivity index (χ2v) is 19.6. The summed E-state index contributed by atoms with van der Waals surface area (Å²) in [5, 5.41) is 0. The molecule has 4 heterocycles. The highest BCUT2D eigenvalue weighted by Gasteiger charge is 2.31. The Bertz CT molecular complexity index is 2410. The van der Waals surface area contributed by atoms with Gasteiger partial charge in [-0.3, -0.25) is 19.2 Å². The van der Waals surface area contributed by atoms with Gasteiger partial charge in [0.1, 0.15) is 0 Å². The average molecular weight is 847 g/mol. The summed E-state index contributed by atoms with van der Waals surface area (Å²) in [6.45, 7) is 4.10. The Hall–Kier alpha value is -4.76. The van der Waals surface area contributed by atoms with E-state index in [1.807, 2.05) is 89.8 Å². The van der Waals surface area contributed by atoms with E-state index in [9.17, 15) is 19.2 Å². The van der Waals surface area contributed by atoms with E-state index >= 15 is 0 Å². The van der Waals surface area contributed by atoms with Crippen molar-refractivity contribution in [2.75, 3.05) is 26.2 Å². The molecular formula is C53H54N2O4S2. The number of carbonyl (C=O) groups excluding carboxylic acids is 4. The van der Waals surface area contributed by atoms with Crippen LogP contribution in [0, 0.1) is 11.8 Å². The topological polar surface area (TPSA) is 74.8 Å². The molecule has 4 aliphatic heterocycles. The van der Waals surface area contributed by atoms with E-state index in [1.165, 1.54) is 37.9 Å².